The minimum absolute atomic E-state index is 0.176. The number of esters is 1. The maximum atomic E-state index is 12.4. The van der Waals surface area contributed by atoms with Crippen LogP contribution in [0.3, 0.4) is 0 Å². The zero-order valence-electron chi connectivity index (χ0n) is 14.6. The molecule has 1 aromatic heterocycles. The van der Waals surface area contributed by atoms with E-state index in [0.29, 0.717) is 17.2 Å². The Morgan fingerprint density at radius 1 is 1.23 bits per heavy atom. The van der Waals surface area contributed by atoms with Crippen molar-refractivity contribution in [3.8, 4) is 5.75 Å². The van der Waals surface area contributed by atoms with Crippen molar-refractivity contribution in [2.45, 2.75) is 32.6 Å². The van der Waals surface area contributed by atoms with Gasteiger partial charge in [0.15, 0.2) is 0 Å². The van der Waals surface area contributed by atoms with Gasteiger partial charge in [-0.05, 0) is 61.9 Å². The number of benzene rings is 1. The van der Waals surface area contributed by atoms with Gasteiger partial charge in [0.05, 0.1) is 12.2 Å². The molecular formula is C20H21NO4S. The van der Waals surface area contributed by atoms with Crippen LogP contribution < -0.4 is 5.32 Å². The van der Waals surface area contributed by atoms with E-state index in [9.17, 15) is 14.7 Å². The summed E-state index contributed by atoms with van der Waals surface area (Å²) < 4.78 is 5.19. The van der Waals surface area contributed by atoms with Gasteiger partial charge in [0, 0.05) is 11.0 Å². The molecule has 0 spiro atoms. The lowest BCUT2D eigenvalue weighted by atomic mass is 9.95. The fraction of sp³-hybridized carbons (Fsp3) is 0.300. The summed E-state index contributed by atoms with van der Waals surface area (Å²) in [5.41, 5.74) is 2.34. The van der Waals surface area contributed by atoms with Crippen molar-refractivity contribution in [3.05, 3.63) is 51.9 Å². The maximum Gasteiger partial charge on any atom is 0.341 e. The van der Waals surface area contributed by atoms with Gasteiger partial charge in [-0.25, -0.2) is 4.79 Å². The number of rotatable bonds is 5. The summed E-state index contributed by atoms with van der Waals surface area (Å²) in [5, 5.41) is 12.7. The molecule has 1 amide bonds. The van der Waals surface area contributed by atoms with E-state index in [2.05, 4.69) is 5.32 Å². The second kappa shape index (κ2) is 8.19. The third-order valence-corrected chi connectivity index (χ3v) is 5.42. The van der Waals surface area contributed by atoms with E-state index >= 15 is 0 Å². The Hall–Kier alpha value is -2.60. The summed E-state index contributed by atoms with van der Waals surface area (Å²) in [6.45, 7) is 2.08. The molecular weight excluding hydrogens is 350 g/mol. The van der Waals surface area contributed by atoms with Gasteiger partial charge in [-0.2, -0.15) is 0 Å². The minimum atomic E-state index is -0.371. The summed E-state index contributed by atoms with van der Waals surface area (Å²) in [5.74, 6) is -0.498. The van der Waals surface area contributed by atoms with Crippen molar-refractivity contribution < 1.29 is 19.4 Å². The lowest BCUT2D eigenvalue weighted by molar-refractivity contribution is -0.111. The van der Waals surface area contributed by atoms with Gasteiger partial charge in [0.2, 0.25) is 5.91 Å². The predicted octanol–water partition coefficient (Wildman–Crippen LogP) is 4.16. The van der Waals surface area contributed by atoms with E-state index in [1.54, 1.807) is 37.3 Å². The summed E-state index contributed by atoms with van der Waals surface area (Å²) in [6.07, 6.45) is 7.01. The average Bonchev–Trinajstić information content (AvgIpc) is 2.99. The van der Waals surface area contributed by atoms with E-state index in [1.807, 2.05) is 0 Å². The topological polar surface area (TPSA) is 75.6 Å². The Labute approximate surface area is 156 Å². The van der Waals surface area contributed by atoms with Crippen molar-refractivity contribution >= 4 is 34.3 Å². The molecule has 0 radical (unpaired) electrons. The maximum absolute atomic E-state index is 12.4. The average molecular weight is 371 g/mol. The molecule has 0 fully saturated rings. The van der Waals surface area contributed by atoms with Crippen LogP contribution in [0.4, 0.5) is 5.00 Å². The zero-order valence-corrected chi connectivity index (χ0v) is 15.4. The number of nitrogens with one attached hydrogen (secondary N) is 1. The molecule has 1 aromatic carbocycles. The van der Waals surface area contributed by atoms with Gasteiger partial charge in [-0.1, -0.05) is 12.1 Å². The van der Waals surface area contributed by atoms with E-state index in [1.165, 1.54) is 17.4 Å². The number of aryl methyl sites for hydroxylation is 1. The van der Waals surface area contributed by atoms with Gasteiger partial charge in [0.25, 0.3) is 0 Å². The van der Waals surface area contributed by atoms with Gasteiger partial charge < -0.3 is 15.2 Å². The van der Waals surface area contributed by atoms with Gasteiger partial charge in [-0.15, -0.1) is 11.3 Å². The molecule has 0 atom stereocenters. The number of ether oxygens (including phenoxy) is 1. The second-order valence-electron chi connectivity index (χ2n) is 6.05. The summed E-state index contributed by atoms with van der Waals surface area (Å²) >= 11 is 1.47. The molecule has 1 aliphatic carbocycles. The Morgan fingerprint density at radius 3 is 2.69 bits per heavy atom. The molecule has 0 saturated heterocycles. The van der Waals surface area contributed by atoms with Gasteiger partial charge >= 0.3 is 5.97 Å². The highest BCUT2D eigenvalue weighted by Crippen LogP contribution is 2.38. The van der Waals surface area contributed by atoms with E-state index in [-0.39, 0.29) is 17.6 Å². The third kappa shape index (κ3) is 4.14. The number of thiophene rings is 1. The highest BCUT2D eigenvalue weighted by molar-refractivity contribution is 7.17. The first-order chi connectivity index (χ1) is 12.6. The molecule has 136 valence electrons. The molecule has 0 unspecified atom stereocenters. The molecule has 3 rings (SSSR count). The Morgan fingerprint density at radius 2 is 1.96 bits per heavy atom. The Bertz CT molecular complexity index is 836. The number of carbonyl (C=O) groups excluding carboxylic acids is 2. The van der Waals surface area contributed by atoms with Crippen LogP contribution in [0.1, 0.15) is 46.1 Å². The van der Waals surface area contributed by atoms with Crippen molar-refractivity contribution in [1.29, 1.82) is 0 Å². The number of amides is 1. The molecule has 1 aliphatic rings. The number of anilines is 1. The highest BCUT2D eigenvalue weighted by atomic mass is 32.1. The van der Waals surface area contributed by atoms with Crippen LogP contribution in [-0.4, -0.2) is 23.6 Å². The van der Waals surface area contributed by atoms with Crippen molar-refractivity contribution in [2.24, 2.45) is 0 Å². The van der Waals surface area contributed by atoms with Crippen molar-refractivity contribution in [3.63, 3.8) is 0 Å². The lowest BCUT2D eigenvalue weighted by Crippen LogP contribution is -2.14. The van der Waals surface area contributed by atoms with Crippen LogP contribution in [0.15, 0.2) is 30.3 Å². The molecule has 5 nitrogen and oxygen atoms in total. The number of hydrogen-bond acceptors (Lipinski definition) is 5. The van der Waals surface area contributed by atoms with Gasteiger partial charge in [-0.3, -0.25) is 4.79 Å². The fourth-order valence-electron chi connectivity index (χ4n) is 2.98. The Balaban J connectivity index is 1.80. The number of hydrogen-bond donors (Lipinski definition) is 2. The van der Waals surface area contributed by atoms with Crippen molar-refractivity contribution in [2.75, 3.05) is 11.9 Å². The standard InChI is InChI=1S/C20H21NO4S/c1-2-25-20(24)18-15-5-3-4-6-16(15)26-19(18)21-17(23)12-9-13-7-10-14(22)11-8-13/h7-12,22H,2-6H2,1H3,(H,21,23)/b12-9+. The van der Waals surface area contributed by atoms with Crippen LogP contribution in [0.2, 0.25) is 0 Å². The SMILES string of the molecule is CCOC(=O)c1c(NC(=O)/C=C/c2ccc(O)cc2)sc2c1CCCC2. The van der Waals surface area contributed by atoms with Crippen molar-refractivity contribution in [1.82, 2.24) is 0 Å². The number of carbonyl (C=O) groups is 2. The van der Waals surface area contributed by atoms with Crippen LogP contribution in [-0.2, 0) is 22.4 Å². The third-order valence-electron chi connectivity index (χ3n) is 4.21. The normalized spacial score (nSPS) is 13.4. The summed E-state index contributed by atoms with van der Waals surface area (Å²) in [4.78, 5) is 25.9. The number of fused-ring (bicyclic) bond motifs is 1. The van der Waals surface area contributed by atoms with E-state index in [0.717, 1.165) is 41.7 Å². The molecule has 2 N–H and O–H groups in total. The zero-order chi connectivity index (χ0) is 18.5. The summed E-state index contributed by atoms with van der Waals surface area (Å²) in [7, 11) is 0. The summed E-state index contributed by atoms with van der Waals surface area (Å²) in [6, 6.07) is 6.55. The molecule has 0 bridgehead atoms. The number of phenolic OH excluding ortho intramolecular Hbond substituents is 1. The monoisotopic (exact) mass is 371 g/mol. The largest absolute Gasteiger partial charge is 0.508 e. The van der Waals surface area contributed by atoms with Crippen LogP contribution in [0.5, 0.6) is 5.75 Å². The number of aromatic hydroxyl groups is 1. The van der Waals surface area contributed by atoms with Gasteiger partial charge in [0.1, 0.15) is 10.8 Å². The molecule has 0 aliphatic heterocycles. The lowest BCUT2D eigenvalue weighted by Gasteiger charge is -2.12. The smallest absolute Gasteiger partial charge is 0.341 e. The predicted molar refractivity (Wildman–Crippen MR) is 103 cm³/mol. The minimum Gasteiger partial charge on any atom is -0.508 e. The van der Waals surface area contributed by atoms with E-state index < -0.39 is 0 Å². The molecule has 0 saturated carbocycles. The van der Waals surface area contributed by atoms with E-state index in [4.69, 9.17) is 4.74 Å². The molecule has 6 heteroatoms. The fourth-order valence-corrected chi connectivity index (χ4v) is 4.26. The number of phenols is 1. The van der Waals surface area contributed by atoms with Crippen LogP contribution in [0.25, 0.3) is 6.08 Å². The second-order valence-corrected chi connectivity index (χ2v) is 7.15. The van der Waals surface area contributed by atoms with Crippen LogP contribution in [0, 0.1) is 0 Å². The molecule has 26 heavy (non-hydrogen) atoms. The quantitative estimate of drug-likeness (QED) is 0.611. The first-order valence-electron chi connectivity index (χ1n) is 8.68. The molecule has 2 aromatic rings. The first-order valence-corrected chi connectivity index (χ1v) is 9.50. The first kappa shape index (κ1) is 18.2. The Kier molecular flexibility index (Phi) is 5.73. The van der Waals surface area contributed by atoms with Crippen LogP contribution >= 0.6 is 11.3 Å². The molecule has 1 heterocycles. The highest BCUT2D eigenvalue weighted by Gasteiger charge is 2.26.